The molecule has 0 bridgehead atoms. The summed E-state index contributed by atoms with van der Waals surface area (Å²) in [7, 11) is 0. The highest BCUT2D eigenvalue weighted by molar-refractivity contribution is 7.00. The van der Waals surface area contributed by atoms with Gasteiger partial charge in [0.25, 0.3) is 6.71 Å². The van der Waals surface area contributed by atoms with Crippen LogP contribution in [0.2, 0.25) is 0 Å². The van der Waals surface area contributed by atoms with Crippen LogP contribution in [0.25, 0.3) is 127 Å². The van der Waals surface area contributed by atoms with Gasteiger partial charge in [-0.15, -0.1) is 0 Å². The predicted molar refractivity (Wildman–Crippen MR) is 443 cm³/mol. The molecule has 3 aromatic heterocycles. The van der Waals surface area contributed by atoms with E-state index in [1.165, 1.54) is 48.9 Å². The Morgan fingerprint density at radius 3 is 0.821 bits per heavy atom. The molecular formula is C98H70BN5O2. The number of rotatable bonds is 3. The van der Waals surface area contributed by atoms with Crippen molar-refractivity contribution in [1.29, 1.82) is 0 Å². The predicted octanol–water partition coefficient (Wildman–Crippen LogP) is 24.5. The third-order valence-corrected chi connectivity index (χ3v) is 23.0. The van der Waals surface area contributed by atoms with Gasteiger partial charge in [0.05, 0.1) is 50.2 Å². The fourth-order valence-electron chi connectivity index (χ4n) is 18.6. The monoisotopic (exact) mass is 1360 g/mol. The molecule has 106 heavy (non-hydrogen) atoms. The second-order valence-corrected chi connectivity index (χ2v) is 31.1. The van der Waals surface area contributed by atoms with Gasteiger partial charge in [-0.3, -0.25) is 0 Å². The number of hydrogen-bond donors (Lipinski definition) is 0. The molecule has 4 aliphatic rings. The Morgan fingerprint density at radius 2 is 0.509 bits per heavy atom. The standard InChI is InChI=1S/C98H70BN5O2/c1-97(2,3)76-41-27-39-72-68-35-13-23-49-88(68)105-90-51-25-15-37-70(90)74-53-59(100-80-43-17-7-29-62(80)63-30-8-18-44-81(63)100)55-78-95(74)103(93(72)76)86-57-61(102-84-47-21-11-33-66(84)67-34-12-22-48-85(67)102)58-87-92(86)99(78)79-56-60(101-82-45-19-9-31-64(82)65-32-10-20-46-83(65)101)54-75-71-38-16-26-52-91(71)106-89-50-24-14-36-69(89)73-40-28-42-77(98(4,5)6)94(73)104(87)96(75)79/h7-58H,1-6H3. The first-order valence-corrected chi connectivity index (χ1v) is 37.0. The summed E-state index contributed by atoms with van der Waals surface area (Å²) in [4.78, 5) is 5.50. The van der Waals surface area contributed by atoms with Crippen molar-refractivity contribution >= 4 is 123 Å². The minimum atomic E-state index is -0.463. The zero-order chi connectivity index (χ0) is 70.6. The van der Waals surface area contributed by atoms with Crippen LogP contribution in [0.4, 0.5) is 34.1 Å². The number of fused-ring (bicyclic) bond motifs is 25. The highest BCUT2D eigenvalue weighted by atomic mass is 16.5. The summed E-state index contributed by atoms with van der Waals surface area (Å²) in [6.07, 6.45) is 0. The zero-order valence-corrected chi connectivity index (χ0v) is 59.7. The molecule has 0 N–H and O–H groups in total. The maximum absolute atomic E-state index is 7.62. The number of nitrogens with zero attached hydrogens (tertiary/aromatic N) is 5. The summed E-state index contributed by atoms with van der Waals surface area (Å²) >= 11 is 0. The van der Waals surface area contributed by atoms with Crippen LogP contribution >= 0.6 is 0 Å². The van der Waals surface area contributed by atoms with Crippen LogP contribution in [0.1, 0.15) is 52.7 Å². The lowest BCUT2D eigenvalue weighted by molar-refractivity contribution is 0.486. The number of anilines is 6. The largest absolute Gasteiger partial charge is 0.456 e. The van der Waals surface area contributed by atoms with Gasteiger partial charge in [0.1, 0.15) is 23.0 Å². The summed E-state index contributed by atoms with van der Waals surface area (Å²) in [5.74, 6) is 3.09. The second-order valence-electron chi connectivity index (χ2n) is 31.1. The average Bonchev–Trinajstić information content (AvgIpc) is 0.725. The molecule has 0 saturated carbocycles. The van der Waals surface area contributed by atoms with Crippen LogP contribution in [-0.2, 0) is 10.8 Å². The third kappa shape index (κ3) is 8.58. The normalized spacial score (nSPS) is 13.3. The molecule has 0 spiro atoms. The first kappa shape index (κ1) is 60.5. The topological polar surface area (TPSA) is 39.7 Å². The fourth-order valence-corrected chi connectivity index (χ4v) is 18.6. The lowest BCUT2D eigenvalue weighted by Gasteiger charge is -2.48. The van der Waals surface area contributed by atoms with E-state index in [9.17, 15) is 0 Å². The van der Waals surface area contributed by atoms with E-state index in [-0.39, 0.29) is 0 Å². The quantitative estimate of drug-likeness (QED) is 0.165. The highest BCUT2D eigenvalue weighted by Gasteiger charge is 2.49. The molecule has 0 saturated heterocycles. The Labute approximate surface area is 615 Å². The molecule has 0 atom stereocenters. The van der Waals surface area contributed by atoms with E-state index >= 15 is 0 Å². The Bertz CT molecular complexity index is 6340. The molecule has 22 rings (SSSR count). The third-order valence-electron chi connectivity index (χ3n) is 23.0. The van der Waals surface area contributed by atoms with Crippen molar-refractivity contribution in [3.8, 4) is 84.6 Å². The van der Waals surface area contributed by atoms with E-state index in [4.69, 9.17) is 9.47 Å². The van der Waals surface area contributed by atoms with Crippen molar-refractivity contribution in [1.82, 2.24) is 13.7 Å². The zero-order valence-electron chi connectivity index (χ0n) is 59.7. The molecule has 15 aromatic carbocycles. The number of aromatic nitrogens is 3. The van der Waals surface area contributed by atoms with Gasteiger partial charge >= 0.3 is 0 Å². The molecule has 0 radical (unpaired) electrons. The average molecular weight is 1360 g/mol. The lowest BCUT2D eigenvalue weighted by Crippen LogP contribution is -2.62. The molecule has 0 unspecified atom stereocenters. The van der Waals surface area contributed by atoms with Gasteiger partial charge in [0.2, 0.25) is 0 Å². The van der Waals surface area contributed by atoms with Gasteiger partial charge in [-0.25, -0.2) is 0 Å². The molecule has 18 aromatic rings. The van der Waals surface area contributed by atoms with Gasteiger partial charge in [-0.2, -0.15) is 0 Å². The van der Waals surface area contributed by atoms with Gasteiger partial charge in [0, 0.05) is 111 Å². The summed E-state index contributed by atoms with van der Waals surface area (Å²) in [6, 6.07) is 118. The Hall–Kier alpha value is -13.0. The molecular weight excluding hydrogens is 1290 g/mol. The number of hydrogen-bond acceptors (Lipinski definition) is 4. The van der Waals surface area contributed by atoms with E-state index in [0.717, 1.165) is 163 Å². The maximum Gasteiger partial charge on any atom is 0.252 e. The van der Waals surface area contributed by atoms with Gasteiger partial charge in [-0.1, -0.05) is 260 Å². The molecule has 7 nitrogen and oxygen atoms in total. The van der Waals surface area contributed by atoms with Crippen molar-refractivity contribution < 1.29 is 9.47 Å². The van der Waals surface area contributed by atoms with E-state index in [2.05, 4.69) is 380 Å². The Morgan fingerprint density at radius 1 is 0.245 bits per heavy atom. The van der Waals surface area contributed by atoms with E-state index in [1.54, 1.807) is 0 Å². The highest BCUT2D eigenvalue weighted by Crippen LogP contribution is 2.60. The van der Waals surface area contributed by atoms with Crippen LogP contribution in [0.15, 0.2) is 315 Å². The van der Waals surface area contributed by atoms with Gasteiger partial charge in [0.15, 0.2) is 0 Å². The Kier molecular flexibility index (Phi) is 12.7. The number of benzene rings is 15. The van der Waals surface area contributed by atoms with Crippen LogP contribution in [0.5, 0.6) is 23.0 Å². The molecule has 0 amide bonds. The van der Waals surface area contributed by atoms with Crippen LogP contribution in [-0.4, -0.2) is 20.4 Å². The second kappa shape index (κ2) is 22.2. The summed E-state index contributed by atoms with van der Waals surface area (Å²) in [5, 5.41) is 7.16. The first-order valence-electron chi connectivity index (χ1n) is 37.0. The molecule has 8 heteroatoms. The summed E-state index contributed by atoms with van der Waals surface area (Å²) < 4.78 is 22.8. The molecule has 0 fully saturated rings. The summed E-state index contributed by atoms with van der Waals surface area (Å²) in [6.45, 7) is 13.8. The Balaban J connectivity index is 1.02. The van der Waals surface area contributed by atoms with Crippen LogP contribution < -0.4 is 35.7 Å². The fraction of sp³-hybridized carbons (Fsp3) is 0.0816. The van der Waals surface area contributed by atoms with Gasteiger partial charge in [-0.05, 0) is 135 Å². The minimum absolute atomic E-state index is 0.393. The van der Waals surface area contributed by atoms with Crippen molar-refractivity contribution in [2.45, 2.75) is 52.4 Å². The smallest absolute Gasteiger partial charge is 0.252 e. The molecule has 502 valence electrons. The van der Waals surface area contributed by atoms with Crippen molar-refractivity contribution in [2.75, 3.05) is 9.80 Å². The number of ether oxygens (including phenoxy) is 2. The molecule has 4 aliphatic heterocycles. The molecule has 0 aliphatic carbocycles. The van der Waals surface area contributed by atoms with Crippen molar-refractivity contribution in [3.63, 3.8) is 0 Å². The SMILES string of the molecule is CC(C)(C)c1cccc2c1N1c3cc(-n4c5ccccc5c5ccccc54)cc4c3B(c3cc(-n5c6ccccc6c6ccccc65)cc(c31)-c1ccccc1Oc1ccccc1-2)c1cc(-n2c3ccccc3c3ccccc32)cc2c1N4c1c(cccc1C(C)(C)C)-c1ccccc1Oc1ccccc1-2. The number of para-hydroxylation sites is 12. The summed E-state index contributed by atoms with van der Waals surface area (Å²) in [5.41, 5.74) is 29.7. The molecule has 7 heterocycles. The van der Waals surface area contributed by atoms with E-state index in [0.29, 0.717) is 0 Å². The van der Waals surface area contributed by atoms with Crippen LogP contribution in [0.3, 0.4) is 0 Å². The van der Waals surface area contributed by atoms with E-state index < -0.39 is 17.5 Å². The van der Waals surface area contributed by atoms with Gasteiger partial charge < -0.3 is 33.0 Å². The van der Waals surface area contributed by atoms with Crippen molar-refractivity contribution in [3.05, 3.63) is 327 Å². The van der Waals surface area contributed by atoms with Crippen molar-refractivity contribution in [2.24, 2.45) is 0 Å². The first-order chi connectivity index (χ1) is 51.9. The lowest BCUT2D eigenvalue weighted by atomic mass is 9.33. The van der Waals surface area contributed by atoms with E-state index in [1.807, 2.05) is 0 Å². The van der Waals surface area contributed by atoms with Crippen LogP contribution in [0, 0.1) is 0 Å². The minimum Gasteiger partial charge on any atom is -0.456 e. The maximum atomic E-state index is 7.62.